The number of nitrogens with two attached hydrogens (primary N) is 1. The van der Waals surface area contributed by atoms with E-state index in [4.69, 9.17) is 5.73 Å². The SMILES string of the molecule is CCOC(=O)C(N)C(=O)NCC(C)(C)NS(C)(=O)=O. The summed E-state index contributed by atoms with van der Waals surface area (Å²) in [7, 11) is -3.40. The molecule has 0 rings (SSSR count). The third kappa shape index (κ3) is 7.75. The number of rotatable bonds is 7. The van der Waals surface area contributed by atoms with E-state index in [1.807, 2.05) is 0 Å². The molecule has 0 aliphatic carbocycles. The fourth-order valence-corrected chi connectivity index (χ4v) is 2.37. The lowest BCUT2D eigenvalue weighted by atomic mass is 10.1. The van der Waals surface area contributed by atoms with E-state index in [9.17, 15) is 18.0 Å². The Morgan fingerprint density at radius 1 is 1.37 bits per heavy atom. The molecule has 9 heteroatoms. The normalized spacial score (nSPS) is 13.7. The molecule has 1 amide bonds. The standard InChI is InChI=1S/C10H21N3O5S/c1-5-18-9(15)7(11)8(14)12-6-10(2,3)13-19(4,16)17/h7,13H,5-6,11H2,1-4H3,(H,12,14). The molecule has 1 unspecified atom stereocenters. The van der Waals surface area contributed by atoms with E-state index in [2.05, 4.69) is 14.8 Å². The van der Waals surface area contributed by atoms with Crippen LogP contribution in [0.5, 0.6) is 0 Å². The molecule has 0 saturated heterocycles. The predicted molar refractivity (Wildman–Crippen MR) is 69.7 cm³/mol. The lowest BCUT2D eigenvalue weighted by molar-refractivity contribution is -0.148. The number of sulfonamides is 1. The molecule has 0 heterocycles. The fourth-order valence-electron chi connectivity index (χ4n) is 1.30. The summed E-state index contributed by atoms with van der Waals surface area (Å²) < 4.78 is 29.1. The maximum absolute atomic E-state index is 11.6. The molecule has 0 spiro atoms. The van der Waals surface area contributed by atoms with Crippen LogP contribution >= 0.6 is 0 Å². The van der Waals surface area contributed by atoms with Crippen molar-refractivity contribution in [1.82, 2.24) is 10.0 Å². The lowest BCUT2D eigenvalue weighted by Gasteiger charge is -2.25. The van der Waals surface area contributed by atoms with Gasteiger partial charge < -0.3 is 15.8 Å². The van der Waals surface area contributed by atoms with Crippen molar-refractivity contribution < 1.29 is 22.7 Å². The number of esters is 1. The third-order valence-electron chi connectivity index (χ3n) is 1.99. The van der Waals surface area contributed by atoms with Gasteiger partial charge in [-0.1, -0.05) is 0 Å². The van der Waals surface area contributed by atoms with Crippen molar-refractivity contribution in [1.29, 1.82) is 0 Å². The van der Waals surface area contributed by atoms with Crippen LogP contribution in [0, 0.1) is 0 Å². The van der Waals surface area contributed by atoms with Crippen LogP contribution in [-0.4, -0.2) is 51.3 Å². The maximum Gasteiger partial charge on any atom is 0.332 e. The number of carbonyl (C=O) groups is 2. The van der Waals surface area contributed by atoms with Gasteiger partial charge >= 0.3 is 5.97 Å². The monoisotopic (exact) mass is 295 g/mol. The highest BCUT2D eigenvalue weighted by atomic mass is 32.2. The summed E-state index contributed by atoms with van der Waals surface area (Å²) in [4.78, 5) is 22.8. The Labute approximate surface area is 113 Å². The van der Waals surface area contributed by atoms with E-state index in [0.717, 1.165) is 6.26 Å². The molecule has 8 nitrogen and oxygen atoms in total. The Balaban J connectivity index is 4.40. The third-order valence-corrected chi connectivity index (χ3v) is 2.91. The van der Waals surface area contributed by atoms with Crippen LogP contribution in [0.4, 0.5) is 0 Å². The van der Waals surface area contributed by atoms with E-state index in [1.165, 1.54) is 0 Å². The Morgan fingerprint density at radius 3 is 2.32 bits per heavy atom. The lowest BCUT2D eigenvalue weighted by Crippen LogP contribution is -2.55. The predicted octanol–water partition coefficient (Wildman–Crippen LogP) is -1.68. The van der Waals surface area contributed by atoms with Gasteiger partial charge in [0, 0.05) is 12.1 Å². The van der Waals surface area contributed by atoms with Crippen molar-refractivity contribution in [2.45, 2.75) is 32.4 Å². The second-order valence-corrected chi connectivity index (χ2v) is 6.45. The Hall–Kier alpha value is -1.19. The molecule has 19 heavy (non-hydrogen) atoms. The van der Waals surface area contributed by atoms with E-state index in [0.29, 0.717) is 0 Å². The quantitative estimate of drug-likeness (QED) is 0.380. The molecule has 0 aromatic carbocycles. The minimum Gasteiger partial charge on any atom is -0.464 e. The molecule has 0 radical (unpaired) electrons. The summed E-state index contributed by atoms with van der Waals surface area (Å²) in [6, 6.07) is -1.42. The van der Waals surface area contributed by atoms with Crippen LogP contribution in [0.3, 0.4) is 0 Å². The van der Waals surface area contributed by atoms with Crippen LogP contribution < -0.4 is 15.8 Å². The van der Waals surface area contributed by atoms with Gasteiger partial charge in [0.15, 0.2) is 6.04 Å². The first-order valence-corrected chi connectivity index (χ1v) is 7.56. The molecule has 0 aliphatic rings. The van der Waals surface area contributed by atoms with Gasteiger partial charge in [0.2, 0.25) is 15.9 Å². The molecule has 0 bridgehead atoms. The van der Waals surface area contributed by atoms with Crippen molar-refractivity contribution >= 4 is 21.9 Å². The summed E-state index contributed by atoms with van der Waals surface area (Å²) in [5.74, 6) is -1.55. The van der Waals surface area contributed by atoms with E-state index in [1.54, 1.807) is 20.8 Å². The number of carbonyl (C=O) groups excluding carboxylic acids is 2. The van der Waals surface area contributed by atoms with Gasteiger partial charge in [0.1, 0.15) is 0 Å². The molecule has 1 atom stereocenters. The first-order valence-electron chi connectivity index (χ1n) is 5.67. The Kier molecular flexibility index (Phi) is 6.40. The summed E-state index contributed by atoms with van der Waals surface area (Å²) in [6.07, 6.45) is 1.01. The Morgan fingerprint density at radius 2 is 1.89 bits per heavy atom. The minimum absolute atomic E-state index is 0.00793. The van der Waals surface area contributed by atoms with Crippen molar-refractivity contribution in [3.63, 3.8) is 0 Å². The van der Waals surface area contributed by atoms with E-state index < -0.39 is 33.5 Å². The van der Waals surface area contributed by atoms with Crippen molar-refractivity contribution in [2.24, 2.45) is 5.73 Å². The first kappa shape index (κ1) is 17.8. The molecular weight excluding hydrogens is 274 g/mol. The van der Waals surface area contributed by atoms with Gasteiger partial charge in [-0.3, -0.25) is 4.79 Å². The maximum atomic E-state index is 11.6. The highest BCUT2D eigenvalue weighted by molar-refractivity contribution is 7.88. The molecule has 0 aliphatic heterocycles. The van der Waals surface area contributed by atoms with Gasteiger partial charge in [-0.25, -0.2) is 17.9 Å². The second kappa shape index (κ2) is 6.83. The number of ether oxygens (including phenoxy) is 1. The molecule has 4 N–H and O–H groups in total. The van der Waals surface area contributed by atoms with Crippen LogP contribution in [0.25, 0.3) is 0 Å². The number of nitrogens with one attached hydrogen (secondary N) is 2. The van der Waals surface area contributed by atoms with Gasteiger partial charge in [0.25, 0.3) is 0 Å². The first-order chi connectivity index (χ1) is 8.48. The van der Waals surface area contributed by atoms with E-state index >= 15 is 0 Å². The highest BCUT2D eigenvalue weighted by Gasteiger charge is 2.27. The average Bonchev–Trinajstić information content (AvgIpc) is 2.22. The molecule has 0 saturated carbocycles. The summed E-state index contributed by atoms with van der Waals surface area (Å²) in [5, 5.41) is 2.39. The van der Waals surface area contributed by atoms with Gasteiger partial charge in [-0.15, -0.1) is 0 Å². The van der Waals surface area contributed by atoms with Gasteiger partial charge in [0.05, 0.1) is 12.9 Å². The van der Waals surface area contributed by atoms with Crippen molar-refractivity contribution in [3.8, 4) is 0 Å². The average molecular weight is 295 g/mol. The smallest absolute Gasteiger partial charge is 0.332 e. The highest BCUT2D eigenvalue weighted by Crippen LogP contribution is 2.02. The Bertz CT molecular complexity index is 432. The summed E-state index contributed by atoms with van der Waals surface area (Å²) in [6.45, 7) is 4.89. The zero-order valence-corrected chi connectivity index (χ0v) is 12.3. The second-order valence-electron chi connectivity index (χ2n) is 4.71. The molecule has 0 fully saturated rings. The van der Waals surface area contributed by atoms with Gasteiger partial charge in [-0.2, -0.15) is 0 Å². The van der Waals surface area contributed by atoms with E-state index in [-0.39, 0.29) is 13.2 Å². The molecule has 0 aromatic rings. The van der Waals surface area contributed by atoms with Crippen molar-refractivity contribution in [3.05, 3.63) is 0 Å². The zero-order chi connectivity index (χ0) is 15.3. The van der Waals surface area contributed by atoms with Crippen LogP contribution in [-0.2, 0) is 24.3 Å². The number of amides is 1. The zero-order valence-electron chi connectivity index (χ0n) is 11.5. The number of hydrogen-bond acceptors (Lipinski definition) is 6. The molecular formula is C10H21N3O5S. The topological polar surface area (TPSA) is 128 Å². The fraction of sp³-hybridized carbons (Fsp3) is 0.800. The molecule has 0 aromatic heterocycles. The minimum atomic E-state index is -3.40. The van der Waals surface area contributed by atoms with Crippen LogP contribution in [0.1, 0.15) is 20.8 Å². The number of hydrogen-bond donors (Lipinski definition) is 3. The van der Waals surface area contributed by atoms with Gasteiger partial charge in [-0.05, 0) is 20.8 Å². The molecule has 112 valence electrons. The summed E-state index contributed by atoms with van der Waals surface area (Å²) >= 11 is 0. The summed E-state index contributed by atoms with van der Waals surface area (Å²) in [5.41, 5.74) is 4.49. The largest absolute Gasteiger partial charge is 0.464 e. The van der Waals surface area contributed by atoms with Crippen LogP contribution in [0.2, 0.25) is 0 Å². The van der Waals surface area contributed by atoms with Crippen LogP contribution in [0.15, 0.2) is 0 Å². The van der Waals surface area contributed by atoms with Crippen molar-refractivity contribution in [2.75, 3.05) is 19.4 Å².